The number of ketones is 1. The molecule has 3 rings (SSSR count). The predicted octanol–water partition coefficient (Wildman–Crippen LogP) is 0.867. The standard InChI is InChI=1S/C20H21N5O5S/c1-20(27,14-8-3-4-9-16(14)30-25-19(21)22)18-23-11-15(24-18)17(26)12-6-5-7-13(10-12)31(2,28)29/h3-11,27H,1-2H3,(H,23,24)(H4,21,22,25). The topological polar surface area (TPSA) is 174 Å². The smallest absolute Gasteiger partial charge is 0.228 e. The van der Waals surface area contributed by atoms with Crippen molar-refractivity contribution < 1.29 is 23.2 Å². The SMILES string of the molecule is CC(O)(c1ncc(C(=O)c2cccc(S(C)(=O)=O)c2)[nH]1)c1ccccc1ON=C(N)N. The van der Waals surface area contributed by atoms with Gasteiger partial charge >= 0.3 is 0 Å². The van der Waals surface area contributed by atoms with Crippen molar-refractivity contribution in [3.63, 3.8) is 0 Å². The third kappa shape index (κ3) is 4.73. The number of benzene rings is 2. The number of H-pyrrole nitrogens is 1. The van der Waals surface area contributed by atoms with E-state index in [1.807, 2.05) is 0 Å². The van der Waals surface area contributed by atoms with Crippen LogP contribution in [0.25, 0.3) is 0 Å². The van der Waals surface area contributed by atoms with E-state index in [1.165, 1.54) is 37.4 Å². The fourth-order valence-corrected chi connectivity index (χ4v) is 3.55. The Morgan fingerprint density at radius 1 is 1.19 bits per heavy atom. The van der Waals surface area contributed by atoms with Crippen LogP contribution in [0.15, 0.2) is 64.8 Å². The molecule has 1 unspecified atom stereocenters. The highest BCUT2D eigenvalue weighted by molar-refractivity contribution is 7.90. The van der Waals surface area contributed by atoms with Gasteiger partial charge in [-0.3, -0.25) is 4.79 Å². The molecule has 2 aromatic carbocycles. The quantitative estimate of drug-likeness (QED) is 0.180. The van der Waals surface area contributed by atoms with Crippen molar-refractivity contribution in [2.45, 2.75) is 17.4 Å². The van der Waals surface area contributed by atoms with Crippen LogP contribution in [0.3, 0.4) is 0 Å². The molecule has 1 aromatic heterocycles. The van der Waals surface area contributed by atoms with Gasteiger partial charge in [0.25, 0.3) is 0 Å². The van der Waals surface area contributed by atoms with E-state index in [2.05, 4.69) is 15.1 Å². The Hall–Kier alpha value is -3.70. The summed E-state index contributed by atoms with van der Waals surface area (Å²) < 4.78 is 23.5. The zero-order valence-electron chi connectivity index (χ0n) is 16.7. The van der Waals surface area contributed by atoms with Gasteiger partial charge in [0, 0.05) is 17.4 Å². The van der Waals surface area contributed by atoms with Crippen LogP contribution in [0.5, 0.6) is 5.75 Å². The Kier molecular flexibility index (Phi) is 5.82. The van der Waals surface area contributed by atoms with Crippen molar-refractivity contribution in [2.75, 3.05) is 6.26 Å². The Bertz CT molecular complexity index is 1260. The summed E-state index contributed by atoms with van der Waals surface area (Å²) >= 11 is 0. The second kappa shape index (κ2) is 8.20. The molecule has 0 bridgehead atoms. The molecule has 3 aromatic rings. The van der Waals surface area contributed by atoms with Crippen LogP contribution in [0.4, 0.5) is 0 Å². The molecule has 6 N–H and O–H groups in total. The number of aromatic amines is 1. The predicted molar refractivity (Wildman–Crippen MR) is 113 cm³/mol. The molecule has 0 saturated heterocycles. The number of nitrogens with zero attached hydrogens (tertiary/aromatic N) is 2. The van der Waals surface area contributed by atoms with Crippen LogP contribution in [0.1, 0.15) is 34.4 Å². The average molecular weight is 443 g/mol. The number of hydrogen-bond donors (Lipinski definition) is 4. The monoisotopic (exact) mass is 443 g/mol. The largest absolute Gasteiger partial charge is 0.377 e. The molecule has 0 fully saturated rings. The van der Waals surface area contributed by atoms with E-state index in [0.717, 1.165) is 6.26 Å². The molecule has 0 radical (unpaired) electrons. The molecule has 1 atom stereocenters. The maximum Gasteiger partial charge on any atom is 0.228 e. The number of carbonyl (C=O) groups is 1. The number of para-hydroxylation sites is 1. The number of aromatic nitrogens is 2. The number of imidazole rings is 1. The molecule has 0 spiro atoms. The molecular weight excluding hydrogens is 422 g/mol. The third-order valence-electron chi connectivity index (χ3n) is 4.47. The van der Waals surface area contributed by atoms with E-state index < -0.39 is 21.2 Å². The summed E-state index contributed by atoms with van der Waals surface area (Å²) in [7, 11) is -3.47. The molecule has 10 nitrogen and oxygen atoms in total. The maximum absolute atomic E-state index is 12.8. The summed E-state index contributed by atoms with van der Waals surface area (Å²) in [6.07, 6.45) is 2.32. The van der Waals surface area contributed by atoms with Crippen LogP contribution in [0.2, 0.25) is 0 Å². The van der Waals surface area contributed by atoms with Crippen LogP contribution < -0.4 is 16.3 Å². The number of guanidine groups is 1. The van der Waals surface area contributed by atoms with Gasteiger partial charge < -0.3 is 26.4 Å². The molecule has 0 aliphatic heterocycles. The Balaban J connectivity index is 1.95. The lowest BCUT2D eigenvalue weighted by molar-refractivity contribution is 0.0888. The second-order valence-electron chi connectivity index (χ2n) is 6.95. The van der Waals surface area contributed by atoms with Crippen molar-refractivity contribution in [1.82, 2.24) is 9.97 Å². The van der Waals surface area contributed by atoms with Crippen molar-refractivity contribution in [1.29, 1.82) is 0 Å². The summed E-state index contributed by atoms with van der Waals surface area (Å²) in [5, 5.41) is 14.6. The van der Waals surface area contributed by atoms with E-state index in [-0.39, 0.29) is 33.7 Å². The van der Waals surface area contributed by atoms with Gasteiger partial charge in [0.15, 0.2) is 15.6 Å². The molecular formula is C20H21N5O5S. The molecule has 11 heteroatoms. The van der Waals surface area contributed by atoms with Crippen molar-refractivity contribution in [3.05, 3.63) is 77.4 Å². The number of oxime groups is 1. The number of nitrogens with two attached hydrogens (primary N) is 2. The van der Waals surface area contributed by atoms with Gasteiger partial charge in [-0.2, -0.15) is 0 Å². The minimum Gasteiger partial charge on any atom is -0.377 e. The summed E-state index contributed by atoms with van der Waals surface area (Å²) in [6, 6.07) is 12.2. The Labute approximate surface area is 178 Å². The summed E-state index contributed by atoms with van der Waals surface area (Å²) in [6.45, 7) is 1.46. The number of nitrogens with one attached hydrogen (secondary N) is 1. The van der Waals surface area contributed by atoms with Crippen molar-refractivity contribution >= 4 is 21.6 Å². The number of aliphatic hydroxyl groups is 1. The molecule has 0 aliphatic carbocycles. The fourth-order valence-electron chi connectivity index (χ4n) is 2.89. The van der Waals surface area contributed by atoms with E-state index in [0.29, 0.717) is 5.56 Å². The van der Waals surface area contributed by atoms with E-state index in [9.17, 15) is 18.3 Å². The molecule has 162 valence electrons. The molecule has 0 amide bonds. The van der Waals surface area contributed by atoms with Crippen LogP contribution >= 0.6 is 0 Å². The lowest BCUT2D eigenvalue weighted by Crippen LogP contribution is -2.26. The van der Waals surface area contributed by atoms with Crippen LogP contribution in [-0.2, 0) is 15.4 Å². The lowest BCUT2D eigenvalue weighted by atomic mass is 9.94. The highest BCUT2D eigenvalue weighted by Crippen LogP contribution is 2.34. The molecule has 31 heavy (non-hydrogen) atoms. The van der Waals surface area contributed by atoms with Crippen LogP contribution in [0, 0.1) is 0 Å². The summed E-state index contributed by atoms with van der Waals surface area (Å²) in [4.78, 5) is 25.0. The highest BCUT2D eigenvalue weighted by atomic mass is 32.2. The minimum atomic E-state index is -3.47. The van der Waals surface area contributed by atoms with Gasteiger partial charge in [0.05, 0.1) is 11.1 Å². The van der Waals surface area contributed by atoms with Crippen molar-refractivity contribution in [3.8, 4) is 5.75 Å². The second-order valence-corrected chi connectivity index (χ2v) is 8.97. The van der Waals surface area contributed by atoms with Crippen LogP contribution in [-0.4, -0.2) is 41.5 Å². The molecule has 1 heterocycles. The third-order valence-corrected chi connectivity index (χ3v) is 5.58. The first-order valence-corrected chi connectivity index (χ1v) is 10.9. The maximum atomic E-state index is 12.8. The summed E-state index contributed by atoms with van der Waals surface area (Å²) in [5.41, 5.74) is 9.41. The van der Waals surface area contributed by atoms with Gasteiger partial charge in [-0.15, -0.1) is 0 Å². The van der Waals surface area contributed by atoms with Gasteiger partial charge in [0.1, 0.15) is 17.1 Å². The first-order chi connectivity index (χ1) is 14.5. The van der Waals surface area contributed by atoms with Gasteiger partial charge in [-0.25, -0.2) is 13.4 Å². The number of rotatable bonds is 7. The van der Waals surface area contributed by atoms with E-state index >= 15 is 0 Å². The zero-order valence-corrected chi connectivity index (χ0v) is 17.6. The summed E-state index contributed by atoms with van der Waals surface area (Å²) in [5.74, 6) is -0.524. The normalized spacial score (nSPS) is 13.3. The lowest BCUT2D eigenvalue weighted by Gasteiger charge is -2.23. The number of hydrogen-bond acceptors (Lipinski definition) is 7. The molecule has 0 saturated carbocycles. The van der Waals surface area contributed by atoms with Gasteiger partial charge in [-0.1, -0.05) is 30.3 Å². The first kappa shape index (κ1) is 22.0. The fraction of sp³-hybridized carbons (Fsp3) is 0.150. The van der Waals surface area contributed by atoms with E-state index in [1.54, 1.807) is 24.3 Å². The minimum absolute atomic E-state index is 0.0240. The van der Waals surface area contributed by atoms with Crippen molar-refractivity contribution in [2.24, 2.45) is 16.6 Å². The Morgan fingerprint density at radius 2 is 1.90 bits per heavy atom. The number of sulfone groups is 1. The van der Waals surface area contributed by atoms with Gasteiger partial charge in [0.2, 0.25) is 11.7 Å². The molecule has 0 aliphatic rings. The Morgan fingerprint density at radius 3 is 2.58 bits per heavy atom. The first-order valence-electron chi connectivity index (χ1n) is 8.98. The zero-order chi connectivity index (χ0) is 22.8. The number of carbonyl (C=O) groups excluding carboxylic acids is 1. The van der Waals surface area contributed by atoms with Gasteiger partial charge in [-0.05, 0) is 30.3 Å². The average Bonchev–Trinajstić information content (AvgIpc) is 3.22. The van der Waals surface area contributed by atoms with E-state index in [4.69, 9.17) is 16.3 Å². The highest BCUT2D eigenvalue weighted by Gasteiger charge is 2.33.